The van der Waals surface area contributed by atoms with Crippen molar-refractivity contribution in [2.45, 2.75) is 51.6 Å². The van der Waals surface area contributed by atoms with E-state index in [1.54, 1.807) is 17.6 Å². The van der Waals surface area contributed by atoms with Gasteiger partial charge in [-0.15, -0.1) is 11.3 Å². The fraction of sp³-hybridized carbons (Fsp3) is 0.533. The zero-order chi connectivity index (χ0) is 13.1. The van der Waals surface area contributed by atoms with E-state index in [1.165, 1.54) is 36.3 Å². The summed E-state index contributed by atoms with van der Waals surface area (Å²) in [4.78, 5) is 6.06. The number of thiazole rings is 1. The highest BCUT2D eigenvalue weighted by atomic mass is 32.1. The van der Waals surface area contributed by atoms with Gasteiger partial charge in [0, 0.05) is 17.5 Å². The predicted octanol–water partition coefficient (Wildman–Crippen LogP) is 4.00. The number of aromatic nitrogens is 1. The summed E-state index contributed by atoms with van der Waals surface area (Å²) in [6, 6.07) is 4.60. The molecule has 1 saturated carbocycles. The topological polar surface area (TPSA) is 38.1 Å². The van der Waals surface area contributed by atoms with Gasteiger partial charge in [0.15, 0.2) is 10.8 Å². The zero-order valence-electron chi connectivity index (χ0n) is 11.3. The Morgan fingerprint density at radius 3 is 2.95 bits per heavy atom. The Labute approximate surface area is 118 Å². The van der Waals surface area contributed by atoms with Crippen LogP contribution in [-0.4, -0.2) is 11.0 Å². The summed E-state index contributed by atoms with van der Waals surface area (Å²) in [5, 5.41) is 4.68. The quantitative estimate of drug-likeness (QED) is 0.897. The average Bonchev–Trinajstić information content (AvgIpc) is 3.16. The van der Waals surface area contributed by atoms with Gasteiger partial charge in [-0.2, -0.15) is 0 Å². The molecule has 1 aliphatic rings. The van der Waals surface area contributed by atoms with Crippen LogP contribution in [0.1, 0.15) is 43.2 Å². The number of aryl methyl sites for hydroxylation is 1. The minimum atomic E-state index is 0.707. The Morgan fingerprint density at radius 2 is 2.26 bits per heavy atom. The summed E-state index contributed by atoms with van der Waals surface area (Å²) in [6.45, 7) is 3.12. The molecule has 2 aromatic rings. The van der Waals surface area contributed by atoms with Crippen molar-refractivity contribution in [1.29, 1.82) is 0 Å². The van der Waals surface area contributed by atoms with Gasteiger partial charge in [0.1, 0.15) is 0 Å². The maximum absolute atomic E-state index is 5.44. The molecular weight excluding hydrogens is 256 g/mol. The molecule has 2 heterocycles. The number of hydrogen-bond donors (Lipinski definition) is 1. The molecule has 4 heteroatoms. The highest BCUT2D eigenvalue weighted by Crippen LogP contribution is 2.29. The van der Waals surface area contributed by atoms with Gasteiger partial charge in [0.05, 0.1) is 12.0 Å². The van der Waals surface area contributed by atoms with E-state index in [4.69, 9.17) is 9.40 Å². The average molecular weight is 276 g/mol. The molecule has 0 atom stereocenters. The molecule has 0 saturated heterocycles. The molecule has 0 spiro atoms. The van der Waals surface area contributed by atoms with Gasteiger partial charge in [-0.25, -0.2) is 4.98 Å². The molecule has 1 aliphatic carbocycles. The van der Waals surface area contributed by atoms with Gasteiger partial charge >= 0.3 is 0 Å². The lowest BCUT2D eigenvalue weighted by Crippen LogP contribution is -2.25. The van der Waals surface area contributed by atoms with Crippen LogP contribution in [0.5, 0.6) is 0 Å². The lowest BCUT2D eigenvalue weighted by Gasteiger charge is -2.10. The van der Waals surface area contributed by atoms with Crippen molar-refractivity contribution in [3.8, 4) is 10.8 Å². The molecule has 19 heavy (non-hydrogen) atoms. The molecule has 0 amide bonds. The molecule has 102 valence electrons. The highest BCUT2D eigenvalue weighted by Gasteiger charge is 2.17. The first-order chi connectivity index (χ1) is 9.36. The third kappa shape index (κ3) is 2.90. The van der Waals surface area contributed by atoms with E-state index in [1.807, 2.05) is 12.1 Å². The predicted molar refractivity (Wildman–Crippen MR) is 78.3 cm³/mol. The molecule has 0 unspecified atom stereocenters. The van der Waals surface area contributed by atoms with Crippen molar-refractivity contribution in [3.05, 3.63) is 29.0 Å². The summed E-state index contributed by atoms with van der Waals surface area (Å²) < 4.78 is 5.44. The van der Waals surface area contributed by atoms with E-state index < -0.39 is 0 Å². The first kappa shape index (κ1) is 12.9. The van der Waals surface area contributed by atoms with Crippen LogP contribution >= 0.6 is 11.3 Å². The Hall–Kier alpha value is -1.13. The fourth-order valence-electron chi connectivity index (χ4n) is 2.67. The number of nitrogens with zero attached hydrogens (tertiary/aromatic N) is 1. The molecule has 0 aromatic carbocycles. The highest BCUT2D eigenvalue weighted by molar-refractivity contribution is 7.15. The van der Waals surface area contributed by atoms with Gasteiger partial charge in [0.25, 0.3) is 0 Å². The largest absolute Gasteiger partial charge is 0.462 e. The van der Waals surface area contributed by atoms with Crippen LogP contribution in [0, 0.1) is 0 Å². The smallest absolute Gasteiger partial charge is 0.162 e. The number of furan rings is 1. The molecule has 0 aliphatic heterocycles. The molecule has 1 fully saturated rings. The lowest BCUT2D eigenvalue weighted by atomic mass is 10.2. The summed E-state index contributed by atoms with van der Waals surface area (Å²) in [6.07, 6.45) is 8.09. The Balaban J connectivity index is 1.72. The summed E-state index contributed by atoms with van der Waals surface area (Å²) in [5.74, 6) is 0.881. The molecule has 3 nitrogen and oxygen atoms in total. The van der Waals surface area contributed by atoms with Gasteiger partial charge in [-0.05, 0) is 31.4 Å². The van der Waals surface area contributed by atoms with Crippen LogP contribution in [0.2, 0.25) is 0 Å². The summed E-state index contributed by atoms with van der Waals surface area (Å²) in [7, 11) is 0. The van der Waals surface area contributed by atoms with Crippen LogP contribution in [0.3, 0.4) is 0 Å². The first-order valence-electron chi connectivity index (χ1n) is 7.12. The second-order valence-electron chi connectivity index (χ2n) is 5.08. The third-order valence-corrected chi connectivity index (χ3v) is 4.86. The number of rotatable bonds is 5. The van der Waals surface area contributed by atoms with Gasteiger partial charge in [0.2, 0.25) is 0 Å². The fourth-order valence-corrected chi connectivity index (χ4v) is 3.74. The minimum Gasteiger partial charge on any atom is -0.462 e. The molecule has 2 aromatic heterocycles. The second kappa shape index (κ2) is 5.88. The monoisotopic (exact) mass is 276 g/mol. The van der Waals surface area contributed by atoms with Crippen LogP contribution < -0.4 is 5.32 Å². The van der Waals surface area contributed by atoms with Crippen molar-refractivity contribution in [1.82, 2.24) is 10.3 Å². The third-order valence-electron chi connectivity index (χ3n) is 3.75. The Bertz CT molecular complexity index is 512. The van der Waals surface area contributed by atoms with Crippen LogP contribution in [0.4, 0.5) is 0 Å². The van der Waals surface area contributed by atoms with Crippen molar-refractivity contribution < 1.29 is 4.42 Å². The lowest BCUT2D eigenvalue weighted by molar-refractivity contribution is 0.525. The van der Waals surface area contributed by atoms with E-state index in [-0.39, 0.29) is 0 Å². The van der Waals surface area contributed by atoms with Crippen molar-refractivity contribution in [2.75, 3.05) is 0 Å². The summed E-state index contributed by atoms with van der Waals surface area (Å²) >= 11 is 1.76. The maximum Gasteiger partial charge on any atom is 0.162 e. The standard InChI is InChI=1S/C15H20N2OS/c1-2-12-14(10-16-11-6-3-4-7-11)19-15(17-12)13-8-5-9-18-13/h5,8-9,11,16H,2-4,6-7,10H2,1H3. The van der Waals surface area contributed by atoms with E-state index in [9.17, 15) is 0 Å². The molecule has 0 bridgehead atoms. The van der Waals surface area contributed by atoms with Crippen molar-refractivity contribution in [2.24, 2.45) is 0 Å². The van der Waals surface area contributed by atoms with Crippen LogP contribution in [0.25, 0.3) is 10.8 Å². The maximum atomic E-state index is 5.44. The van der Waals surface area contributed by atoms with Crippen LogP contribution in [0.15, 0.2) is 22.8 Å². The number of hydrogen-bond acceptors (Lipinski definition) is 4. The zero-order valence-corrected chi connectivity index (χ0v) is 12.1. The van der Waals surface area contributed by atoms with Gasteiger partial charge in [-0.3, -0.25) is 0 Å². The Kier molecular flexibility index (Phi) is 3.99. The minimum absolute atomic E-state index is 0.707. The number of nitrogens with one attached hydrogen (secondary N) is 1. The van der Waals surface area contributed by atoms with Crippen LogP contribution in [-0.2, 0) is 13.0 Å². The molecule has 0 radical (unpaired) electrons. The van der Waals surface area contributed by atoms with Crippen molar-refractivity contribution in [3.63, 3.8) is 0 Å². The second-order valence-corrected chi connectivity index (χ2v) is 6.17. The van der Waals surface area contributed by atoms with Gasteiger partial charge in [-0.1, -0.05) is 19.8 Å². The van der Waals surface area contributed by atoms with Gasteiger partial charge < -0.3 is 9.73 Å². The first-order valence-corrected chi connectivity index (χ1v) is 7.94. The van der Waals surface area contributed by atoms with E-state index in [0.29, 0.717) is 6.04 Å². The van der Waals surface area contributed by atoms with E-state index >= 15 is 0 Å². The van der Waals surface area contributed by atoms with Crippen molar-refractivity contribution >= 4 is 11.3 Å². The van der Waals surface area contributed by atoms with E-state index in [0.717, 1.165) is 23.7 Å². The Morgan fingerprint density at radius 1 is 1.42 bits per heavy atom. The molecule has 3 rings (SSSR count). The SMILES string of the molecule is CCc1nc(-c2ccco2)sc1CNC1CCCC1. The molecular formula is C15H20N2OS. The normalized spacial score (nSPS) is 16.3. The summed E-state index contributed by atoms with van der Waals surface area (Å²) in [5.41, 5.74) is 1.21. The van der Waals surface area contributed by atoms with E-state index in [2.05, 4.69) is 12.2 Å². The molecule has 1 N–H and O–H groups in total.